The molecule has 0 amide bonds. The molecule has 0 aromatic heterocycles. The fraction of sp³-hybridized carbons (Fsp3) is 0.786. The van der Waals surface area contributed by atoms with Gasteiger partial charge >= 0.3 is 5.97 Å². The minimum atomic E-state index is -0.0191. The van der Waals surface area contributed by atoms with Crippen molar-refractivity contribution in [1.29, 1.82) is 0 Å². The van der Waals surface area contributed by atoms with E-state index in [-0.39, 0.29) is 18.0 Å². The number of unbranched alkanes of at least 4 members (excludes halogenated alkanes) is 6. The largest absolute Gasteiger partial charge is 0.461 e. The van der Waals surface area contributed by atoms with E-state index in [0.29, 0.717) is 0 Å². The van der Waals surface area contributed by atoms with Crippen molar-refractivity contribution in [3.05, 3.63) is 12.7 Å². The number of ether oxygens (including phenoxy) is 1. The van der Waals surface area contributed by atoms with E-state index in [4.69, 9.17) is 4.74 Å². The van der Waals surface area contributed by atoms with Gasteiger partial charge in [-0.15, -0.1) is 6.58 Å². The van der Waals surface area contributed by atoms with Crippen LogP contribution in [0, 0.1) is 5.92 Å². The number of hydrogen-bond donors (Lipinski definition) is 0. The number of cyclic esters (lactones) is 1. The predicted molar refractivity (Wildman–Crippen MR) is 66.2 cm³/mol. The molecule has 0 spiro atoms. The van der Waals surface area contributed by atoms with Gasteiger partial charge in [-0.05, 0) is 32.6 Å². The molecular weight excluding hydrogens is 200 g/mol. The highest BCUT2D eigenvalue weighted by Gasteiger charge is 2.37. The van der Waals surface area contributed by atoms with Crippen molar-refractivity contribution in [1.82, 2.24) is 0 Å². The van der Waals surface area contributed by atoms with Crippen LogP contribution in [0.5, 0.6) is 0 Å². The average molecular weight is 224 g/mol. The van der Waals surface area contributed by atoms with Crippen LogP contribution in [0.2, 0.25) is 0 Å². The van der Waals surface area contributed by atoms with Gasteiger partial charge in [-0.25, -0.2) is 0 Å². The van der Waals surface area contributed by atoms with Crippen molar-refractivity contribution in [2.45, 2.75) is 64.4 Å². The van der Waals surface area contributed by atoms with Crippen LogP contribution in [0.25, 0.3) is 0 Å². The summed E-state index contributed by atoms with van der Waals surface area (Å²) < 4.78 is 5.06. The molecule has 0 aliphatic carbocycles. The van der Waals surface area contributed by atoms with Crippen molar-refractivity contribution in [2.75, 3.05) is 0 Å². The maximum atomic E-state index is 10.8. The molecule has 0 bridgehead atoms. The van der Waals surface area contributed by atoms with Gasteiger partial charge in [0.05, 0.1) is 5.92 Å². The summed E-state index contributed by atoms with van der Waals surface area (Å²) >= 11 is 0. The van der Waals surface area contributed by atoms with Crippen molar-refractivity contribution in [3.8, 4) is 0 Å². The summed E-state index contributed by atoms with van der Waals surface area (Å²) in [6, 6.07) is 0. The maximum absolute atomic E-state index is 10.8. The number of hydrogen-bond acceptors (Lipinski definition) is 2. The van der Waals surface area contributed by atoms with Crippen LogP contribution in [0.1, 0.15) is 58.3 Å². The Morgan fingerprint density at radius 2 is 1.81 bits per heavy atom. The Morgan fingerprint density at radius 3 is 2.38 bits per heavy atom. The number of esters is 1. The van der Waals surface area contributed by atoms with Crippen LogP contribution in [-0.2, 0) is 9.53 Å². The average Bonchev–Trinajstić information content (AvgIpc) is 2.30. The van der Waals surface area contributed by atoms with Gasteiger partial charge in [0.2, 0.25) is 0 Å². The van der Waals surface area contributed by atoms with Crippen molar-refractivity contribution < 1.29 is 9.53 Å². The zero-order valence-corrected chi connectivity index (χ0v) is 10.4. The minimum absolute atomic E-state index is 0.0191. The lowest BCUT2D eigenvalue weighted by atomic mass is 9.94. The van der Waals surface area contributed by atoms with Crippen molar-refractivity contribution >= 4 is 5.97 Å². The van der Waals surface area contributed by atoms with Gasteiger partial charge in [0.15, 0.2) is 0 Å². The van der Waals surface area contributed by atoms with E-state index in [2.05, 4.69) is 6.58 Å². The lowest BCUT2D eigenvalue weighted by Gasteiger charge is -2.32. The Bertz CT molecular complexity index is 223. The van der Waals surface area contributed by atoms with Crippen molar-refractivity contribution in [2.24, 2.45) is 5.92 Å². The Kier molecular flexibility index (Phi) is 6.20. The number of carbonyl (C=O) groups excluding carboxylic acids is 1. The van der Waals surface area contributed by atoms with Gasteiger partial charge in [0.25, 0.3) is 0 Å². The molecule has 1 heterocycles. The molecule has 0 radical (unpaired) electrons. The van der Waals surface area contributed by atoms with Crippen LogP contribution in [-0.4, -0.2) is 12.1 Å². The second-order valence-corrected chi connectivity index (χ2v) is 4.75. The second kappa shape index (κ2) is 7.48. The zero-order chi connectivity index (χ0) is 11.8. The topological polar surface area (TPSA) is 26.3 Å². The summed E-state index contributed by atoms with van der Waals surface area (Å²) in [5.74, 6) is 0.127. The van der Waals surface area contributed by atoms with Crippen LogP contribution in [0.15, 0.2) is 12.7 Å². The maximum Gasteiger partial charge on any atom is 0.312 e. The normalized spacial score (nSPS) is 23.7. The fourth-order valence-corrected chi connectivity index (χ4v) is 2.09. The van der Waals surface area contributed by atoms with Crippen molar-refractivity contribution in [3.63, 3.8) is 0 Å². The summed E-state index contributed by atoms with van der Waals surface area (Å²) in [5.41, 5.74) is 0. The van der Waals surface area contributed by atoms with Crippen LogP contribution in [0.4, 0.5) is 0 Å². The van der Waals surface area contributed by atoms with Gasteiger partial charge in [0.1, 0.15) is 6.10 Å². The van der Waals surface area contributed by atoms with Gasteiger partial charge in [-0.2, -0.15) is 0 Å². The molecule has 0 aromatic rings. The first-order valence-electron chi connectivity index (χ1n) is 6.57. The first kappa shape index (κ1) is 13.3. The monoisotopic (exact) mass is 224 g/mol. The van der Waals surface area contributed by atoms with Gasteiger partial charge < -0.3 is 4.74 Å². The number of carbonyl (C=O) groups is 1. The number of allylic oxidation sites excluding steroid dienone is 1. The highest BCUT2D eigenvalue weighted by molar-refractivity contribution is 5.77. The Morgan fingerprint density at radius 1 is 1.19 bits per heavy atom. The molecule has 16 heavy (non-hydrogen) atoms. The Balaban J connectivity index is 1.82. The van der Waals surface area contributed by atoms with E-state index in [1.54, 1.807) is 0 Å². The van der Waals surface area contributed by atoms with E-state index >= 15 is 0 Å². The lowest BCUT2D eigenvalue weighted by molar-refractivity contribution is -0.183. The molecule has 0 aromatic carbocycles. The summed E-state index contributed by atoms with van der Waals surface area (Å²) in [6.07, 6.45) is 12.1. The summed E-state index contributed by atoms with van der Waals surface area (Å²) in [7, 11) is 0. The Hall–Kier alpha value is -0.790. The summed E-state index contributed by atoms with van der Waals surface area (Å²) in [5, 5.41) is 0. The molecule has 1 saturated heterocycles. The molecule has 2 nitrogen and oxygen atoms in total. The van der Waals surface area contributed by atoms with Crippen LogP contribution in [0.3, 0.4) is 0 Å². The summed E-state index contributed by atoms with van der Waals surface area (Å²) in [4.78, 5) is 10.8. The SMILES string of the molecule is C=CCCCCCCCC[C@H]1OC(=O)[C@H]1C. The standard InChI is InChI=1S/C14H24O2/c1-3-4-5-6-7-8-9-10-11-13-12(2)14(15)16-13/h3,12-13H,1,4-11H2,2H3/t12-,13+/m0/s1. The molecule has 1 rings (SSSR count). The molecule has 1 fully saturated rings. The van der Waals surface area contributed by atoms with Gasteiger partial charge in [-0.1, -0.05) is 31.8 Å². The molecule has 0 N–H and O–H groups in total. The molecule has 2 heteroatoms. The molecule has 0 unspecified atom stereocenters. The molecule has 0 saturated carbocycles. The highest BCUT2D eigenvalue weighted by atomic mass is 16.6. The highest BCUT2D eigenvalue weighted by Crippen LogP contribution is 2.26. The first-order valence-corrected chi connectivity index (χ1v) is 6.57. The lowest BCUT2D eigenvalue weighted by Crippen LogP contribution is -2.42. The predicted octanol–water partition coefficient (Wildman–Crippen LogP) is 3.85. The molecule has 1 aliphatic rings. The van der Waals surface area contributed by atoms with Crippen LogP contribution < -0.4 is 0 Å². The summed E-state index contributed by atoms with van der Waals surface area (Å²) in [6.45, 7) is 5.68. The molecule has 92 valence electrons. The van der Waals surface area contributed by atoms with Crippen LogP contribution >= 0.6 is 0 Å². The number of rotatable bonds is 9. The van der Waals surface area contributed by atoms with E-state index in [9.17, 15) is 4.79 Å². The second-order valence-electron chi connectivity index (χ2n) is 4.75. The van der Waals surface area contributed by atoms with E-state index in [1.165, 1.54) is 38.5 Å². The molecule has 1 aliphatic heterocycles. The molecular formula is C14H24O2. The van der Waals surface area contributed by atoms with E-state index in [0.717, 1.165) is 12.8 Å². The molecule has 2 atom stereocenters. The van der Waals surface area contributed by atoms with E-state index < -0.39 is 0 Å². The van der Waals surface area contributed by atoms with E-state index in [1.807, 2.05) is 13.0 Å². The third kappa shape index (κ3) is 4.38. The van der Waals surface area contributed by atoms with Gasteiger partial charge in [0, 0.05) is 0 Å². The zero-order valence-electron chi connectivity index (χ0n) is 10.4. The third-order valence-electron chi connectivity index (χ3n) is 3.34. The minimum Gasteiger partial charge on any atom is -0.461 e. The quantitative estimate of drug-likeness (QED) is 0.338. The Labute approximate surface area is 99.1 Å². The first-order chi connectivity index (χ1) is 7.75. The smallest absolute Gasteiger partial charge is 0.312 e. The van der Waals surface area contributed by atoms with Gasteiger partial charge in [-0.3, -0.25) is 4.79 Å². The third-order valence-corrected chi connectivity index (χ3v) is 3.34. The fourth-order valence-electron chi connectivity index (χ4n) is 2.09.